The van der Waals surface area contributed by atoms with Gasteiger partial charge in [0, 0.05) is 25.7 Å². The van der Waals surface area contributed by atoms with E-state index in [2.05, 4.69) is 5.32 Å². The summed E-state index contributed by atoms with van der Waals surface area (Å²) in [5, 5.41) is 4.30. The van der Waals surface area contributed by atoms with Crippen LogP contribution in [0.15, 0.2) is 18.2 Å². The van der Waals surface area contributed by atoms with E-state index in [0.717, 1.165) is 0 Å². The normalized spacial score (nSPS) is 10.7. The van der Waals surface area contributed by atoms with Gasteiger partial charge in [-0.15, -0.1) is 0 Å². The fraction of sp³-hybridized carbons (Fsp3) is 0.417. The summed E-state index contributed by atoms with van der Waals surface area (Å²) in [5.41, 5.74) is 5.92. The lowest BCUT2D eigenvalue weighted by Crippen LogP contribution is -2.20. The zero-order valence-corrected chi connectivity index (χ0v) is 10.6. The lowest BCUT2D eigenvalue weighted by atomic mass is 10.2. The zero-order valence-electron chi connectivity index (χ0n) is 10.6. The van der Waals surface area contributed by atoms with Crippen molar-refractivity contribution < 1.29 is 14.0 Å². The van der Waals surface area contributed by atoms with Crippen LogP contribution in [-0.2, 0) is 9.63 Å². The van der Waals surface area contributed by atoms with Crippen molar-refractivity contribution in [3.63, 3.8) is 0 Å². The number of rotatable bonds is 6. The molecule has 0 saturated heterocycles. The first kappa shape index (κ1) is 14.4. The van der Waals surface area contributed by atoms with Crippen molar-refractivity contribution in [1.82, 2.24) is 5.06 Å². The van der Waals surface area contributed by atoms with Gasteiger partial charge in [-0.25, -0.2) is 4.39 Å². The number of benzene rings is 1. The van der Waals surface area contributed by atoms with Crippen LogP contribution in [0.1, 0.15) is 12.8 Å². The molecule has 18 heavy (non-hydrogen) atoms. The first-order valence-electron chi connectivity index (χ1n) is 5.63. The number of halogens is 1. The summed E-state index contributed by atoms with van der Waals surface area (Å²) in [6, 6.07) is 4.10. The van der Waals surface area contributed by atoms with Crippen LogP contribution in [0, 0.1) is 5.82 Å². The van der Waals surface area contributed by atoms with Crippen molar-refractivity contribution in [3.8, 4) is 0 Å². The highest BCUT2D eigenvalue weighted by molar-refractivity contribution is 5.91. The van der Waals surface area contributed by atoms with Gasteiger partial charge in [-0.05, 0) is 24.6 Å². The third-order valence-electron chi connectivity index (χ3n) is 2.47. The maximum atomic E-state index is 12.9. The Hall–Kier alpha value is -1.66. The summed E-state index contributed by atoms with van der Waals surface area (Å²) in [6.07, 6.45) is 1.04. The van der Waals surface area contributed by atoms with Crippen LogP contribution in [-0.4, -0.2) is 31.7 Å². The Morgan fingerprint density at radius 3 is 2.89 bits per heavy atom. The maximum absolute atomic E-state index is 12.9. The van der Waals surface area contributed by atoms with E-state index in [1.807, 2.05) is 0 Å². The minimum Gasteiger partial charge on any atom is -0.396 e. The number of hydrogen-bond donors (Lipinski definition) is 2. The molecule has 0 aliphatic rings. The quantitative estimate of drug-likeness (QED) is 0.598. The van der Waals surface area contributed by atoms with E-state index in [9.17, 15) is 9.18 Å². The van der Waals surface area contributed by atoms with Crippen molar-refractivity contribution >= 4 is 17.3 Å². The molecule has 0 atom stereocenters. The fourth-order valence-corrected chi connectivity index (χ4v) is 1.40. The first-order chi connectivity index (χ1) is 8.52. The smallest absolute Gasteiger partial charge is 0.224 e. The Kier molecular flexibility index (Phi) is 5.54. The monoisotopic (exact) mass is 255 g/mol. The van der Waals surface area contributed by atoms with Crippen LogP contribution in [0.5, 0.6) is 0 Å². The first-order valence-corrected chi connectivity index (χ1v) is 5.63. The second kappa shape index (κ2) is 6.93. The third-order valence-corrected chi connectivity index (χ3v) is 2.47. The molecule has 0 unspecified atom stereocenters. The molecule has 0 aliphatic heterocycles. The SMILES string of the molecule is CON(C)CCCC(=O)Nc1ccc(F)c(N)c1. The van der Waals surface area contributed by atoms with Gasteiger partial charge < -0.3 is 15.9 Å². The molecular weight excluding hydrogens is 237 g/mol. The Morgan fingerprint density at radius 1 is 1.56 bits per heavy atom. The Balaban J connectivity index is 2.38. The van der Waals surface area contributed by atoms with E-state index in [4.69, 9.17) is 10.6 Å². The topological polar surface area (TPSA) is 67.6 Å². The lowest BCUT2D eigenvalue weighted by molar-refractivity contribution is -0.119. The van der Waals surface area contributed by atoms with Gasteiger partial charge in [-0.3, -0.25) is 4.79 Å². The van der Waals surface area contributed by atoms with Crippen LogP contribution >= 0.6 is 0 Å². The van der Waals surface area contributed by atoms with Crippen molar-refractivity contribution in [2.75, 3.05) is 31.8 Å². The van der Waals surface area contributed by atoms with Gasteiger partial charge >= 0.3 is 0 Å². The Labute approximate surface area is 106 Å². The van der Waals surface area contributed by atoms with Crippen LogP contribution in [0.25, 0.3) is 0 Å². The van der Waals surface area contributed by atoms with Crippen molar-refractivity contribution in [2.24, 2.45) is 0 Å². The van der Waals surface area contributed by atoms with E-state index in [-0.39, 0.29) is 11.6 Å². The van der Waals surface area contributed by atoms with Crippen molar-refractivity contribution in [3.05, 3.63) is 24.0 Å². The van der Waals surface area contributed by atoms with Crippen LogP contribution in [0.4, 0.5) is 15.8 Å². The van der Waals surface area contributed by atoms with Gasteiger partial charge in [0.2, 0.25) is 5.91 Å². The van der Waals surface area contributed by atoms with Gasteiger partial charge in [-0.1, -0.05) is 0 Å². The minimum absolute atomic E-state index is 0.0203. The van der Waals surface area contributed by atoms with Gasteiger partial charge in [0.25, 0.3) is 0 Å². The number of hydroxylamine groups is 2. The molecule has 0 aromatic heterocycles. The van der Waals surface area contributed by atoms with E-state index >= 15 is 0 Å². The number of anilines is 2. The Morgan fingerprint density at radius 2 is 2.28 bits per heavy atom. The number of nitrogens with zero attached hydrogens (tertiary/aromatic N) is 1. The number of nitrogens with two attached hydrogens (primary N) is 1. The molecule has 5 nitrogen and oxygen atoms in total. The highest BCUT2D eigenvalue weighted by atomic mass is 19.1. The highest BCUT2D eigenvalue weighted by Crippen LogP contribution is 2.16. The summed E-state index contributed by atoms with van der Waals surface area (Å²) in [6.45, 7) is 0.662. The Bertz CT molecular complexity index is 412. The number of hydrogen-bond acceptors (Lipinski definition) is 4. The predicted molar refractivity (Wildman–Crippen MR) is 68.3 cm³/mol. The molecular formula is C12H18FN3O2. The largest absolute Gasteiger partial charge is 0.396 e. The van der Waals surface area contributed by atoms with E-state index in [1.54, 1.807) is 19.2 Å². The van der Waals surface area contributed by atoms with E-state index in [0.29, 0.717) is 25.1 Å². The highest BCUT2D eigenvalue weighted by Gasteiger charge is 2.05. The van der Waals surface area contributed by atoms with Crippen molar-refractivity contribution in [2.45, 2.75) is 12.8 Å². The van der Waals surface area contributed by atoms with Gasteiger partial charge in [0.05, 0.1) is 12.8 Å². The standard InChI is InChI=1S/C12H18FN3O2/c1-16(18-2)7-3-4-12(17)15-9-5-6-10(13)11(14)8-9/h5-6,8H,3-4,7,14H2,1-2H3,(H,15,17). The number of nitrogens with one attached hydrogen (secondary N) is 1. The molecule has 1 aromatic carbocycles. The molecule has 0 radical (unpaired) electrons. The molecule has 100 valence electrons. The third kappa shape index (κ3) is 4.68. The second-order valence-corrected chi connectivity index (χ2v) is 3.92. The molecule has 1 aromatic rings. The second-order valence-electron chi connectivity index (χ2n) is 3.92. The van der Waals surface area contributed by atoms with E-state index < -0.39 is 5.82 Å². The maximum Gasteiger partial charge on any atom is 0.224 e. The molecule has 0 heterocycles. The summed E-state index contributed by atoms with van der Waals surface area (Å²) >= 11 is 0. The molecule has 6 heteroatoms. The molecule has 3 N–H and O–H groups in total. The molecule has 0 saturated carbocycles. The van der Waals surface area contributed by atoms with Gasteiger partial charge in [0.15, 0.2) is 0 Å². The molecule has 0 bridgehead atoms. The molecule has 0 spiro atoms. The molecule has 1 amide bonds. The van der Waals surface area contributed by atoms with Gasteiger partial charge in [-0.2, -0.15) is 5.06 Å². The fourth-order valence-electron chi connectivity index (χ4n) is 1.40. The van der Waals surface area contributed by atoms with E-state index in [1.165, 1.54) is 18.2 Å². The van der Waals surface area contributed by atoms with Crippen molar-refractivity contribution in [1.29, 1.82) is 0 Å². The lowest BCUT2D eigenvalue weighted by Gasteiger charge is -2.12. The van der Waals surface area contributed by atoms with Gasteiger partial charge in [0.1, 0.15) is 5.82 Å². The number of carbonyl (C=O) groups excluding carboxylic acids is 1. The molecule has 1 rings (SSSR count). The average molecular weight is 255 g/mol. The number of carbonyl (C=O) groups is 1. The summed E-state index contributed by atoms with van der Waals surface area (Å²) < 4.78 is 12.9. The zero-order chi connectivity index (χ0) is 13.5. The number of nitrogen functional groups attached to an aromatic ring is 1. The van der Waals surface area contributed by atoms with Crippen LogP contribution in [0.2, 0.25) is 0 Å². The van der Waals surface area contributed by atoms with Crippen LogP contribution < -0.4 is 11.1 Å². The number of amides is 1. The minimum atomic E-state index is -0.491. The summed E-state index contributed by atoms with van der Waals surface area (Å²) in [5.74, 6) is -0.625. The molecule has 0 fully saturated rings. The summed E-state index contributed by atoms with van der Waals surface area (Å²) in [7, 11) is 3.36. The van der Waals surface area contributed by atoms with Crippen LogP contribution in [0.3, 0.4) is 0 Å². The molecule has 0 aliphatic carbocycles. The summed E-state index contributed by atoms with van der Waals surface area (Å²) in [4.78, 5) is 16.5. The average Bonchev–Trinajstić information content (AvgIpc) is 2.33. The predicted octanol–water partition coefficient (Wildman–Crippen LogP) is 1.62.